The number of nitrogens with zero attached hydrogens (tertiary/aromatic N) is 1. The van der Waals surface area contributed by atoms with E-state index in [1.807, 2.05) is 0 Å². The fourth-order valence-corrected chi connectivity index (χ4v) is 0.711. The lowest BCUT2D eigenvalue weighted by Crippen LogP contribution is -2.01. The van der Waals surface area contributed by atoms with E-state index in [0.29, 0.717) is 0 Å². The number of aromatic hydroxyl groups is 1. The Morgan fingerprint density at radius 1 is 1.64 bits per heavy atom. The summed E-state index contributed by atoms with van der Waals surface area (Å²) < 4.78 is 4.55. The van der Waals surface area contributed by atoms with Crippen molar-refractivity contribution in [2.45, 2.75) is 6.29 Å². The Kier molecular flexibility index (Phi) is 2.40. The van der Waals surface area contributed by atoms with Crippen LogP contribution in [0.5, 0.6) is 5.75 Å². The van der Waals surface area contributed by atoms with Gasteiger partial charge in [-0.2, -0.15) is 0 Å². The number of hydrogen-bond donors (Lipinski definition) is 2. The molecule has 0 saturated carbocycles. The van der Waals surface area contributed by atoms with Crippen molar-refractivity contribution >= 4 is 0 Å². The highest BCUT2D eigenvalue weighted by Crippen LogP contribution is 2.20. The van der Waals surface area contributed by atoms with Crippen molar-refractivity contribution in [3.63, 3.8) is 0 Å². The minimum atomic E-state index is -1.16. The topological polar surface area (TPSA) is 62.6 Å². The van der Waals surface area contributed by atoms with Crippen LogP contribution in [0.4, 0.5) is 0 Å². The predicted molar refractivity (Wildman–Crippen MR) is 37.9 cm³/mol. The van der Waals surface area contributed by atoms with E-state index in [2.05, 4.69) is 9.72 Å². The number of aromatic nitrogens is 1. The zero-order valence-corrected chi connectivity index (χ0v) is 6.06. The molecule has 1 rings (SSSR count). The molecule has 1 heterocycles. The van der Waals surface area contributed by atoms with Crippen LogP contribution >= 0.6 is 0 Å². The van der Waals surface area contributed by atoms with Gasteiger partial charge < -0.3 is 14.9 Å². The summed E-state index contributed by atoms with van der Waals surface area (Å²) in [4.78, 5) is 3.72. The Morgan fingerprint density at radius 2 is 2.36 bits per heavy atom. The van der Waals surface area contributed by atoms with Crippen molar-refractivity contribution < 1.29 is 14.9 Å². The van der Waals surface area contributed by atoms with Crippen LogP contribution in [0.15, 0.2) is 18.3 Å². The van der Waals surface area contributed by atoms with Gasteiger partial charge in [0.05, 0.1) is 0 Å². The van der Waals surface area contributed by atoms with E-state index in [9.17, 15) is 0 Å². The minimum absolute atomic E-state index is 0.0677. The normalized spacial score (nSPS) is 12.9. The summed E-state index contributed by atoms with van der Waals surface area (Å²) in [6, 6.07) is 3.01. The lowest BCUT2D eigenvalue weighted by molar-refractivity contribution is -0.0810. The molecule has 0 aromatic carbocycles. The molecule has 1 unspecified atom stereocenters. The van der Waals surface area contributed by atoms with Crippen LogP contribution in [0.25, 0.3) is 0 Å². The van der Waals surface area contributed by atoms with Gasteiger partial charge in [0.1, 0.15) is 11.4 Å². The first kappa shape index (κ1) is 7.97. The molecule has 1 aromatic heterocycles. The van der Waals surface area contributed by atoms with Gasteiger partial charge in [-0.05, 0) is 12.1 Å². The first-order valence-corrected chi connectivity index (χ1v) is 3.10. The second-order valence-electron chi connectivity index (χ2n) is 2.00. The quantitative estimate of drug-likeness (QED) is 0.608. The lowest BCUT2D eigenvalue weighted by Gasteiger charge is -2.07. The van der Waals surface area contributed by atoms with Crippen LogP contribution in [0.1, 0.15) is 12.0 Å². The Balaban J connectivity index is 2.93. The highest BCUT2D eigenvalue weighted by Gasteiger charge is 2.10. The SMILES string of the molecule is COC(O)c1ncccc1O. The number of pyridine rings is 1. The molecule has 60 valence electrons. The number of hydrogen-bond acceptors (Lipinski definition) is 4. The van der Waals surface area contributed by atoms with Crippen molar-refractivity contribution in [2.75, 3.05) is 7.11 Å². The molecular formula is C7H9NO3. The summed E-state index contributed by atoms with van der Waals surface area (Å²) in [5.74, 6) is -0.0677. The number of ether oxygens (including phenoxy) is 1. The first-order chi connectivity index (χ1) is 5.25. The molecule has 0 radical (unpaired) electrons. The van der Waals surface area contributed by atoms with Gasteiger partial charge in [-0.15, -0.1) is 0 Å². The largest absolute Gasteiger partial charge is 0.506 e. The third kappa shape index (κ3) is 1.66. The molecule has 0 fully saturated rings. The van der Waals surface area contributed by atoms with Crippen molar-refractivity contribution in [3.05, 3.63) is 24.0 Å². The van der Waals surface area contributed by atoms with Gasteiger partial charge in [-0.25, -0.2) is 0 Å². The average Bonchev–Trinajstić information content (AvgIpc) is 2.04. The van der Waals surface area contributed by atoms with Gasteiger partial charge in [0.15, 0.2) is 0 Å². The van der Waals surface area contributed by atoms with E-state index in [1.54, 1.807) is 6.07 Å². The Hall–Kier alpha value is -1.13. The number of aliphatic hydroxyl groups is 1. The van der Waals surface area contributed by atoms with Gasteiger partial charge in [0.25, 0.3) is 0 Å². The number of aliphatic hydroxyl groups excluding tert-OH is 1. The van der Waals surface area contributed by atoms with Gasteiger partial charge >= 0.3 is 0 Å². The Labute approximate surface area is 64.1 Å². The van der Waals surface area contributed by atoms with Crippen LogP contribution < -0.4 is 0 Å². The third-order valence-electron chi connectivity index (χ3n) is 1.27. The van der Waals surface area contributed by atoms with E-state index >= 15 is 0 Å². The molecule has 0 aliphatic heterocycles. The number of methoxy groups -OCH3 is 1. The van der Waals surface area contributed by atoms with E-state index < -0.39 is 6.29 Å². The molecule has 1 atom stereocenters. The summed E-state index contributed by atoms with van der Waals surface area (Å²) in [7, 11) is 1.33. The average molecular weight is 155 g/mol. The van der Waals surface area contributed by atoms with Gasteiger partial charge in [-0.1, -0.05) is 0 Å². The maximum absolute atomic E-state index is 9.11. The van der Waals surface area contributed by atoms with Crippen LogP contribution in [0.3, 0.4) is 0 Å². The maximum Gasteiger partial charge on any atom is 0.202 e. The molecule has 4 heteroatoms. The molecule has 0 saturated heterocycles. The molecule has 0 aliphatic rings. The Bertz CT molecular complexity index is 239. The summed E-state index contributed by atoms with van der Waals surface area (Å²) >= 11 is 0. The summed E-state index contributed by atoms with van der Waals surface area (Å²) in [6.07, 6.45) is 0.313. The molecule has 0 amide bonds. The minimum Gasteiger partial charge on any atom is -0.506 e. The summed E-state index contributed by atoms with van der Waals surface area (Å²) in [5, 5.41) is 18.2. The standard InChI is InChI=1S/C7H9NO3/c1-11-7(10)6-5(9)3-2-4-8-6/h2-4,7,9-10H,1H3. The van der Waals surface area contributed by atoms with Gasteiger partial charge in [0.2, 0.25) is 6.29 Å². The molecule has 4 nitrogen and oxygen atoms in total. The molecule has 0 spiro atoms. The van der Waals surface area contributed by atoms with E-state index in [-0.39, 0.29) is 11.4 Å². The smallest absolute Gasteiger partial charge is 0.202 e. The zero-order chi connectivity index (χ0) is 8.27. The molecule has 0 aliphatic carbocycles. The molecule has 11 heavy (non-hydrogen) atoms. The maximum atomic E-state index is 9.11. The van der Waals surface area contributed by atoms with Crippen LogP contribution in [-0.4, -0.2) is 22.3 Å². The van der Waals surface area contributed by atoms with E-state index in [4.69, 9.17) is 10.2 Å². The monoisotopic (exact) mass is 155 g/mol. The van der Waals surface area contributed by atoms with E-state index in [1.165, 1.54) is 19.4 Å². The fourth-order valence-electron chi connectivity index (χ4n) is 0.711. The van der Waals surface area contributed by atoms with Crippen LogP contribution in [0.2, 0.25) is 0 Å². The first-order valence-electron chi connectivity index (χ1n) is 3.10. The third-order valence-corrected chi connectivity index (χ3v) is 1.27. The van der Waals surface area contributed by atoms with E-state index in [0.717, 1.165) is 0 Å². The van der Waals surface area contributed by atoms with Crippen molar-refractivity contribution in [1.29, 1.82) is 0 Å². The molecular weight excluding hydrogens is 146 g/mol. The zero-order valence-electron chi connectivity index (χ0n) is 6.06. The summed E-state index contributed by atoms with van der Waals surface area (Å²) in [6.45, 7) is 0. The van der Waals surface area contributed by atoms with Crippen LogP contribution in [0, 0.1) is 0 Å². The van der Waals surface area contributed by atoms with Crippen molar-refractivity contribution in [3.8, 4) is 5.75 Å². The second kappa shape index (κ2) is 3.32. The van der Waals surface area contributed by atoms with Crippen molar-refractivity contribution in [1.82, 2.24) is 4.98 Å². The number of rotatable bonds is 2. The fraction of sp³-hybridized carbons (Fsp3) is 0.286. The van der Waals surface area contributed by atoms with Crippen molar-refractivity contribution in [2.24, 2.45) is 0 Å². The lowest BCUT2D eigenvalue weighted by atomic mass is 10.3. The second-order valence-corrected chi connectivity index (χ2v) is 2.00. The molecule has 1 aromatic rings. The highest BCUT2D eigenvalue weighted by atomic mass is 16.6. The Morgan fingerprint density at radius 3 is 2.91 bits per heavy atom. The van der Waals surface area contributed by atoms with Gasteiger partial charge in [0, 0.05) is 13.3 Å². The molecule has 0 bridgehead atoms. The molecule has 2 N–H and O–H groups in total. The highest BCUT2D eigenvalue weighted by molar-refractivity contribution is 5.25. The van der Waals surface area contributed by atoms with Crippen LogP contribution in [-0.2, 0) is 4.74 Å². The summed E-state index contributed by atoms with van der Waals surface area (Å²) in [5.41, 5.74) is 0.134. The van der Waals surface area contributed by atoms with Gasteiger partial charge in [-0.3, -0.25) is 4.98 Å². The predicted octanol–water partition coefficient (Wildman–Crippen LogP) is 0.425.